The van der Waals surface area contributed by atoms with Gasteiger partial charge in [0.25, 0.3) is 5.91 Å². The molecule has 0 aliphatic carbocycles. The summed E-state index contributed by atoms with van der Waals surface area (Å²) in [5, 5.41) is 5.30. The molecule has 1 aliphatic heterocycles. The second-order valence-corrected chi connectivity index (χ2v) is 8.50. The van der Waals surface area contributed by atoms with Crippen LogP contribution in [0.3, 0.4) is 0 Å². The van der Waals surface area contributed by atoms with Crippen LogP contribution in [0.5, 0.6) is 0 Å². The maximum atomic E-state index is 13.6. The molecule has 1 saturated heterocycles. The molecule has 33 heavy (non-hydrogen) atoms. The van der Waals surface area contributed by atoms with E-state index in [0.717, 1.165) is 30.2 Å². The van der Waals surface area contributed by atoms with E-state index in [1.54, 1.807) is 41.0 Å². The Morgan fingerprint density at radius 2 is 1.91 bits per heavy atom. The molecule has 7 heteroatoms. The third kappa shape index (κ3) is 4.18. The van der Waals surface area contributed by atoms with Crippen molar-refractivity contribution >= 4 is 22.7 Å². The topological polar surface area (TPSA) is 68.3 Å². The van der Waals surface area contributed by atoms with E-state index in [2.05, 4.69) is 5.10 Å². The van der Waals surface area contributed by atoms with Crippen molar-refractivity contribution in [1.82, 2.24) is 14.7 Å². The third-order valence-electron chi connectivity index (χ3n) is 6.20. The second-order valence-electron chi connectivity index (χ2n) is 8.50. The van der Waals surface area contributed by atoms with E-state index in [9.17, 15) is 14.0 Å². The van der Waals surface area contributed by atoms with Crippen LogP contribution in [0.25, 0.3) is 22.1 Å². The molecule has 6 nitrogen and oxygen atoms in total. The van der Waals surface area contributed by atoms with Gasteiger partial charge in [0.15, 0.2) is 17.2 Å². The molecule has 0 saturated carbocycles. The van der Waals surface area contributed by atoms with Crippen molar-refractivity contribution in [3.63, 3.8) is 0 Å². The van der Waals surface area contributed by atoms with Gasteiger partial charge >= 0.3 is 0 Å². The van der Waals surface area contributed by atoms with Crippen molar-refractivity contribution in [2.45, 2.75) is 31.7 Å². The lowest BCUT2D eigenvalue weighted by Crippen LogP contribution is -2.45. The van der Waals surface area contributed by atoms with E-state index >= 15 is 0 Å². The highest BCUT2D eigenvalue weighted by atomic mass is 19.1. The summed E-state index contributed by atoms with van der Waals surface area (Å²) in [5.41, 5.74) is 2.36. The molecule has 168 valence electrons. The molecule has 0 N–H and O–H groups in total. The molecule has 2 aromatic heterocycles. The summed E-state index contributed by atoms with van der Waals surface area (Å²) in [6, 6.07) is 15.1. The average Bonchev–Trinajstić information content (AvgIpc) is 3.43. The van der Waals surface area contributed by atoms with Crippen molar-refractivity contribution in [3.05, 3.63) is 78.1 Å². The van der Waals surface area contributed by atoms with Gasteiger partial charge < -0.3 is 9.32 Å². The first-order valence-corrected chi connectivity index (χ1v) is 11.1. The van der Waals surface area contributed by atoms with E-state index in [0.29, 0.717) is 29.1 Å². The molecule has 1 unspecified atom stereocenters. The fourth-order valence-corrected chi connectivity index (χ4v) is 4.54. The Morgan fingerprint density at radius 3 is 2.70 bits per heavy atom. The van der Waals surface area contributed by atoms with Crippen molar-refractivity contribution in [3.8, 4) is 11.1 Å². The number of rotatable bonds is 5. The van der Waals surface area contributed by atoms with Crippen molar-refractivity contribution < 1.29 is 18.4 Å². The fourth-order valence-electron chi connectivity index (χ4n) is 4.54. The Morgan fingerprint density at radius 1 is 1.12 bits per heavy atom. The number of furan rings is 1. The number of fused-ring (bicyclic) bond motifs is 1. The Labute approximate surface area is 190 Å². The highest BCUT2D eigenvalue weighted by Crippen LogP contribution is 2.29. The van der Waals surface area contributed by atoms with Crippen LogP contribution < -0.4 is 0 Å². The predicted octanol–water partition coefficient (Wildman–Crippen LogP) is 5.24. The second kappa shape index (κ2) is 8.65. The highest BCUT2D eigenvalue weighted by molar-refractivity contribution is 6.01. The Hall–Kier alpha value is -3.74. The number of halogens is 1. The molecule has 1 aliphatic rings. The minimum Gasteiger partial charge on any atom is -0.453 e. The average molecular weight is 445 g/mol. The molecule has 2 aromatic carbocycles. The maximum absolute atomic E-state index is 13.6. The molecular formula is C26H24FN3O3. The van der Waals surface area contributed by atoms with Crippen LogP contribution in [0.1, 0.15) is 46.7 Å². The molecule has 0 spiro atoms. The Bertz CT molecular complexity index is 1290. The Balaban J connectivity index is 1.40. The van der Waals surface area contributed by atoms with Gasteiger partial charge in [0.2, 0.25) is 0 Å². The first-order valence-electron chi connectivity index (χ1n) is 11.1. The van der Waals surface area contributed by atoms with Gasteiger partial charge in [-0.15, -0.1) is 0 Å². The van der Waals surface area contributed by atoms with Crippen LogP contribution in [-0.4, -0.2) is 39.0 Å². The number of piperidine rings is 1. The summed E-state index contributed by atoms with van der Waals surface area (Å²) in [6.45, 7) is 0.566. The molecule has 1 atom stereocenters. The van der Waals surface area contributed by atoms with Gasteiger partial charge in [-0.05, 0) is 49.1 Å². The number of aromatic nitrogens is 2. The zero-order valence-electron chi connectivity index (χ0n) is 18.3. The van der Waals surface area contributed by atoms with E-state index in [4.69, 9.17) is 4.42 Å². The minimum absolute atomic E-state index is 0.115. The molecule has 0 bridgehead atoms. The fraction of sp³-hybridized carbons (Fsp3) is 0.269. The van der Waals surface area contributed by atoms with Crippen LogP contribution in [0, 0.1) is 5.82 Å². The number of para-hydroxylation sites is 1. The number of amides is 1. The first kappa shape index (κ1) is 21.1. The number of carbonyl (C=O) groups is 2. The summed E-state index contributed by atoms with van der Waals surface area (Å²) in [7, 11) is 1.75. The molecule has 1 fully saturated rings. The van der Waals surface area contributed by atoms with Crippen LogP contribution in [-0.2, 0) is 7.05 Å². The predicted molar refractivity (Wildman–Crippen MR) is 122 cm³/mol. The zero-order valence-corrected chi connectivity index (χ0v) is 18.3. The lowest BCUT2D eigenvalue weighted by Gasteiger charge is -2.35. The molecule has 3 heterocycles. The largest absolute Gasteiger partial charge is 0.453 e. The molecule has 4 aromatic rings. The maximum Gasteiger partial charge on any atom is 0.275 e. The van der Waals surface area contributed by atoms with Gasteiger partial charge in [-0.2, -0.15) is 5.10 Å². The SMILES string of the molecule is Cn1cc(-c2ccc(F)cc2)c(C(=O)N2CCCCC2CC(=O)c2cc3ccccc3o2)n1. The van der Waals surface area contributed by atoms with Gasteiger partial charge in [0, 0.05) is 43.2 Å². The summed E-state index contributed by atoms with van der Waals surface area (Å²) < 4.78 is 20.7. The number of carbonyl (C=O) groups excluding carboxylic acids is 2. The monoisotopic (exact) mass is 445 g/mol. The smallest absolute Gasteiger partial charge is 0.275 e. The van der Waals surface area contributed by atoms with Crippen molar-refractivity contribution in [1.29, 1.82) is 0 Å². The number of ketones is 1. The molecule has 0 radical (unpaired) electrons. The molecule has 1 amide bonds. The van der Waals surface area contributed by atoms with Crippen LogP contribution in [0.4, 0.5) is 4.39 Å². The van der Waals surface area contributed by atoms with E-state index in [1.165, 1.54) is 12.1 Å². The van der Waals surface area contributed by atoms with Crippen molar-refractivity contribution in [2.75, 3.05) is 6.54 Å². The van der Waals surface area contributed by atoms with Gasteiger partial charge in [-0.25, -0.2) is 4.39 Å². The quantitative estimate of drug-likeness (QED) is 0.394. The van der Waals surface area contributed by atoms with Crippen LogP contribution in [0.15, 0.2) is 65.2 Å². The number of nitrogens with zero attached hydrogens (tertiary/aromatic N) is 3. The number of likely N-dealkylation sites (tertiary alicyclic amines) is 1. The van der Waals surface area contributed by atoms with Gasteiger partial charge in [0.05, 0.1) is 0 Å². The van der Waals surface area contributed by atoms with Gasteiger partial charge in [-0.1, -0.05) is 30.3 Å². The lowest BCUT2D eigenvalue weighted by molar-refractivity contribution is 0.0579. The highest BCUT2D eigenvalue weighted by Gasteiger charge is 2.32. The normalized spacial score (nSPS) is 16.3. The standard InChI is InChI=1S/C26H24FN3O3/c1-29-16-21(17-9-11-19(27)12-10-17)25(28-29)26(32)30-13-5-4-7-20(30)15-22(31)24-14-18-6-2-3-8-23(18)33-24/h2-3,6,8-12,14,16,20H,4-5,7,13,15H2,1H3. The molecular weight excluding hydrogens is 421 g/mol. The van der Waals surface area contributed by atoms with E-state index in [-0.39, 0.29) is 30.0 Å². The number of aryl methyl sites for hydroxylation is 1. The van der Waals surface area contributed by atoms with Crippen LogP contribution >= 0.6 is 0 Å². The first-order chi connectivity index (χ1) is 16.0. The number of Topliss-reactive ketones (excluding diaryl/α,β-unsaturated/α-hetero) is 1. The summed E-state index contributed by atoms with van der Waals surface area (Å²) in [5.74, 6) is -0.345. The van der Waals surface area contributed by atoms with Gasteiger partial charge in [-0.3, -0.25) is 14.3 Å². The molecule has 5 rings (SSSR count). The Kier molecular flexibility index (Phi) is 5.54. The van der Waals surface area contributed by atoms with E-state index in [1.807, 2.05) is 24.3 Å². The summed E-state index contributed by atoms with van der Waals surface area (Å²) >= 11 is 0. The third-order valence-corrected chi connectivity index (χ3v) is 6.20. The van der Waals surface area contributed by atoms with Crippen molar-refractivity contribution in [2.24, 2.45) is 7.05 Å². The number of hydrogen-bond acceptors (Lipinski definition) is 4. The minimum atomic E-state index is -0.337. The lowest BCUT2D eigenvalue weighted by atomic mass is 9.95. The van der Waals surface area contributed by atoms with Gasteiger partial charge in [0.1, 0.15) is 11.4 Å². The summed E-state index contributed by atoms with van der Waals surface area (Å²) in [4.78, 5) is 28.4. The summed E-state index contributed by atoms with van der Waals surface area (Å²) in [6.07, 6.45) is 4.54. The zero-order chi connectivity index (χ0) is 22.9. The number of hydrogen-bond donors (Lipinski definition) is 0. The van der Waals surface area contributed by atoms with Crippen LogP contribution in [0.2, 0.25) is 0 Å². The van der Waals surface area contributed by atoms with E-state index < -0.39 is 0 Å². The number of benzene rings is 2.